The average molecular weight is 555 g/mol. The van der Waals surface area contributed by atoms with E-state index in [9.17, 15) is 19.2 Å². The molecule has 0 spiro atoms. The molecule has 0 radical (unpaired) electrons. The topological polar surface area (TPSA) is 208 Å². The highest BCUT2D eigenvalue weighted by molar-refractivity contribution is 5.67. The number of carboxylic acids is 4. The molecule has 0 bridgehead atoms. The van der Waals surface area contributed by atoms with Gasteiger partial charge in [-0.05, 0) is 25.7 Å². The smallest absolute Gasteiger partial charge is 0.303 e. The summed E-state index contributed by atoms with van der Waals surface area (Å²) in [6.45, 7) is 1.73. The van der Waals surface area contributed by atoms with E-state index in [1.165, 1.54) is 0 Å². The van der Waals surface area contributed by atoms with Crippen molar-refractivity contribution in [1.29, 1.82) is 0 Å². The maximum Gasteiger partial charge on any atom is 0.303 e. The van der Waals surface area contributed by atoms with Gasteiger partial charge in [0, 0.05) is 25.7 Å². The molecule has 12 nitrogen and oxygen atoms in total. The first-order chi connectivity index (χ1) is 18.2. The number of ether oxygens (including phenoxy) is 2. The van der Waals surface area contributed by atoms with Gasteiger partial charge in [0.25, 0.3) is 0 Å². The van der Waals surface area contributed by atoms with E-state index in [0.717, 1.165) is 77.0 Å². The molecule has 6 N–H and O–H groups in total. The van der Waals surface area contributed by atoms with Crippen LogP contribution >= 0.6 is 0 Å². The molecule has 12 heteroatoms. The summed E-state index contributed by atoms with van der Waals surface area (Å²) < 4.78 is 9.75. The van der Waals surface area contributed by atoms with Gasteiger partial charge in [-0.1, -0.05) is 51.4 Å². The Balaban J connectivity index is -0.000000492. The van der Waals surface area contributed by atoms with E-state index >= 15 is 0 Å². The van der Waals surface area contributed by atoms with Crippen molar-refractivity contribution in [3.05, 3.63) is 0 Å². The van der Waals surface area contributed by atoms with Crippen molar-refractivity contribution in [2.45, 2.75) is 103 Å². The number of carbonyl (C=O) groups is 4. The van der Waals surface area contributed by atoms with Crippen LogP contribution in [0.5, 0.6) is 0 Å². The van der Waals surface area contributed by atoms with E-state index in [-0.39, 0.29) is 38.9 Å². The third-order valence-corrected chi connectivity index (χ3v) is 4.91. The van der Waals surface area contributed by atoms with Gasteiger partial charge in [-0.3, -0.25) is 19.2 Å². The molecule has 0 aromatic rings. The summed E-state index contributed by atoms with van der Waals surface area (Å²) in [7, 11) is 0. The Bertz CT molecular complexity index is 466. The Kier molecular flexibility index (Phi) is 36.7. The first-order valence-electron chi connectivity index (χ1n) is 13.4. The van der Waals surface area contributed by atoms with Gasteiger partial charge in [0.05, 0.1) is 39.6 Å². The number of hydrogen-bond acceptors (Lipinski definition) is 8. The van der Waals surface area contributed by atoms with Crippen LogP contribution in [0, 0.1) is 0 Å². The number of aliphatic hydroxyl groups is 2. The minimum atomic E-state index is -0.740. The van der Waals surface area contributed by atoms with E-state index in [4.69, 9.17) is 40.1 Å². The summed E-state index contributed by atoms with van der Waals surface area (Å²) in [6, 6.07) is 0. The predicted molar refractivity (Wildman–Crippen MR) is 140 cm³/mol. The van der Waals surface area contributed by atoms with E-state index in [1.807, 2.05) is 0 Å². The van der Waals surface area contributed by atoms with Crippen molar-refractivity contribution < 1.29 is 59.3 Å². The molecule has 0 unspecified atom stereocenters. The number of rotatable bonds is 25. The fourth-order valence-corrected chi connectivity index (χ4v) is 2.97. The van der Waals surface area contributed by atoms with Crippen LogP contribution in [0.3, 0.4) is 0 Å². The van der Waals surface area contributed by atoms with Crippen molar-refractivity contribution in [1.82, 2.24) is 0 Å². The van der Waals surface area contributed by atoms with Crippen LogP contribution < -0.4 is 0 Å². The standard InChI is InChI=1S/2C10H18O4.C6H14O4/c2*11-9(12)7-5-3-1-2-4-6-8-10(13)14;7-1-3-9-5-6-10-4-2-8/h2*1-8H2,(H,11,12)(H,13,14);7-8H,1-6H2. The summed E-state index contributed by atoms with van der Waals surface area (Å²) in [5.74, 6) is -2.96. The summed E-state index contributed by atoms with van der Waals surface area (Å²) >= 11 is 0. The molecule has 0 aliphatic rings. The van der Waals surface area contributed by atoms with Gasteiger partial charge in [-0.2, -0.15) is 0 Å². The van der Waals surface area contributed by atoms with Crippen molar-refractivity contribution >= 4 is 23.9 Å². The number of aliphatic carboxylic acids is 4. The number of unbranched alkanes of at least 4 members (excludes halogenated alkanes) is 10. The second-order valence-electron chi connectivity index (χ2n) is 8.49. The molecule has 0 atom stereocenters. The van der Waals surface area contributed by atoms with E-state index in [1.54, 1.807) is 0 Å². The van der Waals surface area contributed by atoms with Gasteiger partial charge in [-0.15, -0.1) is 0 Å². The Hall–Kier alpha value is -2.28. The number of aliphatic hydroxyl groups excluding tert-OH is 2. The zero-order valence-electron chi connectivity index (χ0n) is 22.7. The molecule has 0 aromatic carbocycles. The van der Waals surface area contributed by atoms with Crippen molar-refractivity contribution in [3.8, 4) is 0 Å². The summed E-state index contributed by atoms with van der Waals surface area (Å²) in [5, 5.41) is 49.9. The molecule has 38 heavy (non-hydrogen) atoms. The molecule has 0 heterocycles. The third-order valence-electron chi connectivity index (χ3n) is 4.91. The number of hydrogen-bond donors (Lipinski definition) is 6. The number of carboxylic acid groups (broad SMARTS) is 4. The first kappa shape index (κ1) is 40.2. The highest BCUT2D eigenvalue weighted by Crippen LogP contribution is 2.09. The lowest BCUT2D eigenvalue weighted by atomic mass is 10.1. The van der Waals surface area contributed by atoms with Crippen LogP contribution in [0.25, 0.3) is 0 Å². The third kappa shape index (κ3) is 50.6. The van der Waals surface area contributed by atoms with Crippen LogP contribution in [-0.2, 0) is 28.7 Å². The fourth-order valence-electron chi connectivity index (χ4n) is 2.97. The molecule has 0 rings (SSSR count). The second kappa shape index (κ2) is 34.7. The highest BCUT2D eigenvalue weighted by Gasteiger charge is 1.99. The van der Waals surface area contributed by atoms with Gasteiger partial charge in [0.2, 0.25) is 0 Å². The molecule has 0 fully saturated rings. The lowest BCUT2D eigenvalue weighted by Crippen LogP contribution is -2.09. The SMILES string of the molecule is O=C(O)CCCCCCCCC(=O)O.O=C(O)CCCCCCCCC(=O)O.OCCOCCOCCO. The Labute approximate surface area is 226 Å². The van der Waals surface area contributed by atoms with Crippen LogP contribution in [0.1, 0.15) is 103 Å². The Morgan fingerprint density at radius 1 is 0.368 bits per heavy atom. The summed E-state index contributed by atoms with van der Waals surface area (Å²) in [6.07, 6.45) is 11.6. The second-order valence-corrected chi connectivity index (χ2v) is 8.49. The maximum absolute atomic E-state index is 10.1. The molecule has 0 aromatic heterocycles. The van der Waals surface area contributed by atoms with Gasteiger partial charge in [-0.25, -0.2) is 0 Å². The molecule has 0 aliphatic heterocycles. The van der Waals surface area contributed by atoms with Gasteiger partial charge in [0.1, 0.15) is 0 Å². The van der Waals surface area contributed by atoms with Crippen molar-refractivity contribution in [2.75, 3.05) is 39.6 Å². The Morgan fingerprint density at radius 2 is 0.579 bits per heavy atom. The van der Waals surface area contributed by atoms with Crippen LogP contribution in [0.15, 0.2) is 0 Å². The molecule has 0 aliphatic carbocycles. The normalized spacial score (nSPS) is 10.1. The van der Waals surface area contributed by atoms with Crippen molar-refractivity contribution in [3.63, 3.8) is 0 Å². The largest absolute Gasteiger partial charge is 0.481 e. The quantitative estimate of drug-likeness (QED) is 0.0895. The summed E-state index contributed by atoms with van der Waals surface area (Å²) in [5.41, 5.74) is 0. The lowest BCUT2D eigenvalue weighted by Gasteiger charge is -2.01. The lowest BCUT2D eigenvalue weighted by molar-refractivity contribution is -0.138. The zero-order valence-corrected chi connectivity index (χ0v) is 22.7. The predicted octanol–water partition coefficient (Wildman–Crippen LogP) is 3.56. The van der Waals surface area contributed by atoms with Gasteiger partial charge >= 0.3 is 23.9 Å². The van der Waals surface area contributed by atoms with Crippen LogP contribution in [0.4, 0.5) is 0 Å². The maximum atomic E-state index is 10.1. The van der Waals surface area contributed by atoms with E-state index in [2.05, 4.69) is 0 Å². The average Bonchev–Trinajstić information content (AvgIpc) is 2.85. The molecular weight excluding hydrogens is 504 g/mol. The zero-order chi connectivity index (χ0) is 29.3. The van der Waals surface area contributed by atoms with E-state index < -0.39 is 23.9 Å². The van der Waals surface area contributed by atoms with E-state index in [0.29, 0.717) is 26.4 Å². The minimum absolute atomic E-state index is 0.0417. The first-order valence-corrected chi connectivity index (χ1v) is 13.4. The molecular formula is C26H50O12. The van der Waals surface area contributed by atoms with Crippen molar-refractivity contribution in [2.24, 2.45) is 0 Å². The minimum Gasteiger partial charge on any atom is -0.481 e. The Morgan fingerprint density at radius 3 is 0.763 bits per heavy atom. The highest BCUT2D eigenvalue weighted by atomic mass is 16.5. The molecule has 226 valence electrons. The molecule has 0 saturated carbocycles. The van der Waals surface area contributed by atoms with Crippen LogP contribution in [0.2, 0.25) is 0 Å². The molecule has 0 saturated heterocycles. The monoisotopic (exact) mass is 554 g/mol. The van der Waals surface area contributed by atoms with Gasteiger partial charge < -0.3 is 40.1 Å². The fraction of sp³-hybridized carbons (Fsp3) is 0.846. The van der Waals surface area contributed by atoms with Gasteiger partial charge in [0.15, 0.2) is 0 Å². The summed E-state index contributed by atoms with van der Waals surface area (Å²) in [4.78, 5) is 40.6. The van der Waals surface area contributed by atoms with Crippen LogP contribution in [-0.4, -0.2) is 94.2 Å². The molecule has 0 amide bonds.